The van der Waals surface area contributed by atoms with Gasteiger partial charge in [-0.15, -0.1) is 0 Å². The quantitative estimate of drug-likeness (QED) is 0.102. The van der Waals surface area contributed by atoms with E-state index in [0.717, 1.165) is 102 Å². The Morgan fingerprint density at radius 2 is 0.876 bits per heavy atom. The van der Waals surface area contributed by atoms with Crippen molar-refractivity contribution in [2.24, 2.45) is 48.4 Å². The molecule has 0 radical (unpaired) electrons. The summed E-state index contributed by atoms with van der Waals surface area (Å²) in [6.07, 6.45) is 16.1. The summed E-state index contributed by atoms with van der Waals surface area (Å²) >= 11 is 5.88. The fourth-order valence-electron chi connectivity index (χ4n) is 15.0. The van der Waals surface area contributed by atoms with Crippen LogP contribution in [-0.2, 0) is 50.1 Å². The van der Waals surface area contributed by atoms with Crippen LogP contribution in [0.2, 0.25) is 5.02 Å². The zero-order valence-electron chi connectivity index (χ0n) is 50.5. The average Bonchev–Trinajstić information content (AvgIpc) is 1.65. The number of ketones is 3. The number of nitrogens with two attached hydrogens (primary N) is 3. The standard InChI is InChI=1S/C23H24ClN3O3.C23H26N4O4.C20H20N4O4/c1-21(2)22(8-3-9-22)23(13-29-20(25)27-23)16-10-14(4-7-19(16)30-21)11-18(28)17-6-5-15(24)12-26-17;1-21(2)22(7-4-8-22)23(13-30-20(24)27-23)15-9-14(5-6-18(15)31-21)10-17(28)16-11-26-19(29-3)12-25-16;1-26-17-9-22-14(8-23-17)15(25)7-12-2-3-16-13(6-12)20(11-28-18(21)24-20)19(4-5-19)10-27-16/h4-7,10,12H,3,8-9,11,13H2,1-2H3,(H2,25,27);5-6,9,11-12H,4,7-8,10,13H2,1-3H3,(H2,24,27);2-3,6,8-9H,4-5,7,10-11H2,1H3,(H2,21,24). The van der Waals surface area contributed by atoms with Gasteiger partial charge in [-0.1, -0.05) is 42.6 Å². The van der Waals surface area contributed by atoms with Gasteiger partial charge in [-0.2, -0.15) is 0 Å². The number of rotatable bonds is 11. The summed E-state index contributed by atoms with van der Waals surface area (Å²) in [5, 5.41) is 0.504. The Morgan fingerprint density at radius 1 is 0.472 bits per heavy atom. The number of benzene rings is 3. The van der Waals surface area contributed by atoms with E-state index in [9.17, 15) is 14.4 Å². The summed E-state index contributed by atoms with van der Waals surface area (Å²) in [4.78, 5) is 73.2. The Hall–Kier alpha value is -8.92. The maximum Gasteiger partial charge on any atom is 0.283 e. The minimum absolute atomic E-state index is 0.0643. The lowest BCUT2D eigenvalue weighted by atomic mass is 9.48. The second-order valence-corrected chi connectivity index (χ2v) is 25.9. The van der Waals surface area contributed by atoms with Crippen molar-refractivity contribution in [3.05, 3.63) is 153 Å². The van der Waals surface area contributed by atoms with Crippen molar-refractivity contribution in [1.82, 2.24) is 24.9 Å². The molecule has 9 heterocycles. The predicted molar refractivity (Wildman–Crippen MR) is 327 cm³/mol. The topological polar surface area (TPSA) is 305 Å². The molecule has 6 N–H and O–H groups in total. The summed E-state index contributed by atoms with van der Waals surface area (Å²) in [5.41, 5.74) is 21.4. The number of ether oxygens (including phenoxy) is 8. The summed E-state index contributed by atoms with van der Waals surface area (Å²) in [6.45, 7) is 10.3. The third kappa shape index (κ3) is 9.61. The van der Waals surface area contributed by atoms with Crippen LogP contribution in [-0.4, -0.2) is 112 Å². The fourth-order valence-corrected chi connectivity index (χ4v) is 15.1. The first kappa shape index (κ1) is 59.1. The number of amidine groups is 3. The lowest BCUT2D eigenvalue weighted by Crippen LogP contribution is -2.66. The zero-order valence-corrected chi connectivity index (χ0v) is 51.3. The van der Waals surface area contributed by atoms with Crippen molar-refractivity contribution in [2.75, 3.05) is 40.6 Å². The highest BCUT2D eigenvalue weighted by atomic mass is 35.5. The van der Waals surface area contributed by atoms with Crippen LogP contribution in [0.25, 0.3) is 0 Å². The van der Waals surface area contributed by atoms with Crippen LogP contribution >= 0.6 is 11.6 Å². The minimum Gasteiger partial charge on any atom is -0.493 e. The normalized spacial score (nSPS) is 24.4. The van der Waals surface area contributed by atoms with Gasteiger partial charge in [0.05, 0.1) is 50.6 Å². The molecule has 3 aliphatic carbocycles. The largest absolute Gasteiger partial charge is 0.493 e. The highest BCUT2D eigenvalue weighted by Crippen LogP contribution is 2.69. The average molecular weight is 1230 g/mol. The molecule has 15 rings (SSSR count). The van der Waals surface area contributed by atoms with Crippen LogP contribution in [0.4, 0.5) is 0 Å². The fraction of sp³-hybridized carbons (Fsp3) is 0.439. The monoisotopic (exact) mass is 1230 g/mol. The van der Waals surface area contributed by atoms with E-state index in [2.05, 4.69) is 52.6 Å². The molecule has 3 fully saturated rings. The Kier molecular flexibility index (Phi) is 14.4. The number of carbonyl (C=O) groups is 3. The van der Waals surface area contributed by atoms with E-state index < -0.39 is 27.8 Å². The first-order chi connectivity index (χ1) is 42.6. The number of carbonyl (C=O) groups excluding carboxylic acids is 3. The van der Waals surface area contributed by atoms with E-state index in [0.29, 0.717) is 60.3 Å². The molecular formula is C66H70ClN11O11. The molecule has 462 valence electrons. The van der Waals surface area contributed by atoms with E-state index in [1.807, 2.05) is 54.6 Å². The molecule has 6 aliphatic heterocycles. The van der Waals surface area contributed by atoms with Gasteiger partial charge in [0, 0.05) is 58.4 Å². The summed E-state index contributed by atoms with van der Waals surface area (Å²) in [7, 11) is 3.01. The van der Waals surface area contributed by atoms with Gasteiger partial charge in [0.2, 0.25) is 11.8 Å². The maximum absolute atomic E-state index is 12.8. The molecule has 6 aromatic rings. The van der Waals surface area contributed by atoms with Crippen molar-refractivity contribution in [1.29, 1.82) is 0 Å². The third-order valence-corrected chi connectivity index (χ3v) is 20.5. The van der Waals surface area contributed by atoms with Gasteiger partial charge >= 0.3 is 0 Å². The molecule has 3 unspecified atom stereocenters. The molecule has 22 nitrogen and oxygen atoms in total. The number of hydrogen-bond acceptors (Lipinski definition) is 22. The number of aromatic nitrogens is 5. The second-order valence-electron chi connectivity index (χ2n) is 25.5. The summed E-state index contributed by atoms with van der Waals surface area (Å²) in [6, 6.07) is 21.5. The number of halogens is 1. The van der Waals surface area contributed by atoms with Crippen molar-refractivity contribution in [2.45, 2.75) is 126 Å². The first-order valence-corrected chi connectivity index (χ1v) is 30.3. The Labute approximate surface area is 519 Å². The first-order valence-electron chi connectivity index (χ1n) is 29.9. The van der Waals surface area contributed by atoms with Gasteiger partial charge < -0.3 is 55.1 Å². The SMILES string of the molecule is CC1(C)Oc2ccc(CC(=O)c3ccc(Cl)cn3)cc2C2(COC(N)=N2)C12CCC2.COc1cnc(C(=O)Cc2ccc3c(c2)C2(COC(N)=N2)C2(CC2)CO3)cn1.COc1cnc(C(=O)Cc2ccc3c(c2)C2(COC(N)=N2)C2(CCC2)C(C)(C)O3)cn1. The Bertz CT molecular complexity index is 3920. The molecule has 3 saturated carbocycles. The van der Waals surface area contributed by atoms with Gasteiger partial charge in [-0.25, -0.2) is 34.9 Å². The molecule has 0 bridgehead atoms. The number of fused-ring (bicyclic) bond motifs is 9. The Balaban J connectivity index is 0.000000123. The second kappa shape index (κ2) is 21.7. The lowest BCUT2D eigenvalue weighted by molar-refractivity contribution is -0.157. The summed E-state index contributed by atoms with van der Waals surface area (Å²) in [5.74, 6) is 2.76. The molecule has 6 spiro atoms. The minimum atomic E-state index is -0.606. The summed E-state index contributed by atoms with van der Waals surface area (Å²) < 4.78 is 46.0. The van der Waals surface area contributed by atoms with Gasteiger partial charge in [0.25, 0.3) is 18.1 Å². The van der Waals surface area contributed by atoms with Gasteiger partial charge in [-0.3, -0.25) is 19.4 Å². The predicted octanol–water partition coefficient (Wildman–Crippen LogP) is 8.46. The lowest BCUT2D eigenvalue weighted by Gasteiger charge is -2.62. The van der Waals surface area contributed by atoms with E-state index in [4.69, 9.17) is 81.7 Å². The van der Waals surface area contributed by atoms with E-state index in [-0.39, 0.29) is 70.9 Å². The molecule has 0 amide bonds. The molecule has 3 atom stereocenters. The molecule has 3 aromatic carbocycles. The number of methoxy groups -OCH3 is 2. The number of hydrogen-bond donors (Lipinski definition) is 3. The van der Waals surface area contributed by atoms with Crippen LogP contribution in [0.1, 0.15) is 144 Å². The van der Waals surface area contributed by atoms with Crippen LogP contribution in [0.3, 0.4) is 0 Å². The molecular weight excluding hydrogens is 1160 g/mol. The van der Waals surface area contributed by atoms with Crippen LogP contribution in [0.5, 0.6) is 29.0 Å². The van der Waals surface area contributed by atoms with E-state index in [1.165, 1.54) is 45.2 Å². The highest BCUT2D eigenvalue weighted by molar-refractivity contribution is 6.30. The van der Waals surface area contributed by atoms with Crippen molar-refractivity contribution < 1.29 is 52.3 Å². The van der Waals surface area contributed by atoms with Gasteiger partial charge in [0.15, 0.2) is 17.3 Å². The number of aliphatic imine (C=N–C) groups is 3. The van der Waals surface area contributed by atoms with Gasteiger partial charge in [0.1, 0.15) is 82.0 Å². The molecule has 23 heteroatoms. The zero-order chi connectivity index (χ0) is 62.4. The number of pyridine rings is 1. The maximum atomic E-state index is 12.8. The van der Waals surface area contributed by atoms with E-state index >= 15 is 0 Å². The highest BCUT2D eigenvalue weighted by Gasteiger charge is 2.71. The molecule has 0 saturated heterocycles. The van der Waals surface area contributed by atoms with Crippen molar-refractivity contribution in [3.8, 4) is 29.0 Å². The number of Topliss-reactive ketones (excluding diaryl/α,β-unsaturated/α-hetero) is 3. The third-order valence-electron chi connectivity index (χ3n) is 20.3. The Morgan fingerprint density at radius 3 is 1.22 bits per heavy atom. The van der Waals surface area contributed by atoms with Crippen molar-refractivity contribution >= 4 is 47.0 Å². The van der Waals surface area contributed by atoms with Crippen LogP contribution < -0.4 is 40.9 Å². The number of nitrogens with zero attached hydrogens (tertiary/aromatic N) is 8. The van der Waals surface area contributed by atoms with Crippen molar-refractivity contribution in [3.63, 3.8) is 0 Å². The van der Waals surface area contributed by atoms with Crippen LogP contribution in [0.15, 0.2) is 113 Å². The molecule has 9 aliphatic rings. The molecule has 89 heavy (non-hydrogen) atoms. The van der Waals surface area contributed by atoms with E-state index in [1.54, 1.807) is 12.1 Å². The van der Waals surface area contributed by atoms with Gasteiger partial charge in [-0.05, 0) is 131 Å². The van der Waals surface area contributed by atoms with Crippen LogP contribution in [0, 0.1) is 16.2 Å². The molecule has 3 aromatic heterocycles. The smallest absolute Gasteiger partial charge is 0.283 e.